The third-order valence-electron chi connectivity index (χ3n) is 3.90. The van der Waals surface area contributed by atoms with Crippen molar-refractivity contribution >= 4 is 15.5 Å². The van der Waals surface area contributed by atoms with Gasteiger partial charge in [0.05, 0.1) is 17.2 Å². The number of nitrogens with one attached hydrogen (secondary N) is 1. The Morgan fingerprint density at radius 2 is 2.19 bits per heavy atom. The number of rotatable bonds is 6. The first-order valence-electron chi connectivity index (χ1n) is 7.35. The molecular formula is C15H23FN2O2S. The molecule has 0 radical (unpaired) electrons. The molecule has 0 aliphatic carbocycles. The van der Waals surface area contributed by atoms with Crippen molar-refractivity contribution in [2.75, 3.05) is 30.0 Å². The van der Waals surface area contributed by atoms with Crippen molar-refractivity contribution in [3.05, 3.63) is 29.6 Å². The van der Waals surface area contributed by atoms with Crippen LogP contribution < -0.4 is 10.2 Å². The Morgan fingerprint density at radius 1 is 1.43 bits per heavy atom. The first kappa shape index (κ1) is 16.2. The lowest BCUT2D eigenvalue weighted by molar-refractivity contribution is 0.595. The van der Waals surface area contributed by atoms with Crippen LogP contribution in [-0.4, -0.2) is 39.6 Å². The van der Waals surface area contributed by atoms with E-state index in [0.717, 1.165) is 18.5 Å². The molecule has 6 heteroatoms. The number of halogens is 1. The Morgan fingerprint density at radius 3 is 2.76 bits per heavy atom. The van der Waals surface area contributed by atoms with Crippen LogP contribution in [-0.2, 0) is 16.4 Å². The third-order valence-corrected chi connectivity index (χ3v) is 5.65. The fourth-order valence-electron chi connectivity index (χ4n) is 2.63. The van der Waals surface area contributed by atoms with E-state index in [1.807, 2.05) is 6.07 Å². The second-order valence-electron chi connectivity index (χ2n) is 5.63. The molecule has 0 amide bonds. The van der Waals surface area contributed by atoms with Gasteiger partial charge in [-0.2, -0.15) is 0 Å². The van der Waals surface area contributed by atoms with E-state index in [9.17, 15) is 12.8 Å². The van der Waals surface area contributed by atoms with E-state index in [0.29, 0.717) is 18.7 Å². The second kappa shape index (κ2) is 6.75. The molecule has 118 valence electrons. The van der Waals surface area contributed by atoms with E-state index in [1.54, 1.807) is 18.0 Å². The molecule has 1 N–H and O–H groups in total. The van der Waals surface area contributed by atoms with Gasteiger partial charge in [-0.15, -0.1) is 0 Å². The minimum absolute atomic E-state index is 0.114. The van der Waals surface area contributed by atoms with E-state index >= 15 is 0 Å². The monoisotopic (exact) mass is 314 g/mol. The molecule has 0 bridgehead atoms. The summed E-state index contributed by atoms with van der Waals surface area (Å²) >= 11 is 0. The van der Waals surface area contributed by atoms with E-state index in [1.165, 1.54) is 6.07 Å². The van der Waals surface area contributed by atoms with Crippen LogP contribution in [0, 0.1) is 5.82 Å². The van der Waals surface area contributed by atoms with Gasteiger partial charge in [-0.1, -0.05) is 13.0 Å². The molecule has 0 saturated carbocycles. The highest BCUT2D eigenvalue weighted by Crippen LogP contribution is 2.26. The zero-order valence-electron chi connectivity index (χ0n) is 12.6. The quantitative estimate of drug-likeness (QED) is 0.816. The van der Waals surface area contributed by atoms with Crippen LogP contribution >= 0.6 is 0 Å². The first-order valence-corrected chi connectivity index (χ1v) is 9.17. The maximum absolute atomic E-state index is 14.2. The van der Waals surface area contributed by atoms with Gasteiger partial charge < -0.3 is 10.2 Å². The van der Waals surface area contributed by atoms with Crippen molar-refractivity contribution in [2.45, 2.75) is 32.4 Å². The number of hydrogen-bond acceptors (Lipinski definition) is 4. The second-order valence-corrected chi connectivity index (χ2v) is 7.86. The number of hydrogen-bond donors (Lipinski definition) is 1. The van der Waals surface area contributed by atoms with Gasteiger partial charge in [0.2, 0.25) is 0 Å². The molecular weight excluding hydrogens is 291 g/mol. The standard InChI is InChI=1S/C15H23FN2O2S/c1-3-7-17-10-12-4-5-15(14(16)9-12)18(2)13-6-8-21(19,20)11-13/h4-5,9,13,17H,3,6-8,10-11H2,1-2H3. The van der Waals surface area contributed by atoms with Crippen LogP contribution in [0.4, 0.5) is 10.1 Å². The molecule has 21 heavy (non-hydrogen) atoms. The minimum atomic E-state index is -2.96. The topological polar surface area (TPSA) is 49.4 Å². The summed E-state index contributed by atoms with van der Waals surface area (Å²) in [6.07, 6.45) is 1.61. The highest BCUT2D eigenvalue weighted by atomic mass is 32.2. The Balaban J connectivity index is 2.06. The largest absolute Gasteiger partial charge is 0.368 e. The van der Waals surface area contributed by atoms with Crippen LogP contribution in [0.3, 0.4) is 0 Å². The van der Waals surface area contributed by atoms with Gasteiger partial charge in [-0.25, -0.2) is 12.8 Å². The average molecular weight is 314 g/mol. The molecule has 1 unspecified atom stereocenters. The molecule has 1 aromatic rings. The molecule has 1 aliphatic heterocycles. The van der Waals surface area contributed by atoms with Gasteiger partial charge in [-0.3, -0.25) is 0 Å². The molecule has 0 aromatic heterocycles. The maximum Gasteiger partial charge on any atom is 0.152 e. The molecule has 0 spiro atoms. The van der Waals surface area contributed by atoms with Gasteiger partial charge in [0.25, 0.3) is 0 Å². The van der Waals surface area contributed by atoms with Crippen molar-refractivity contribution < 1.29 is 12.8 Å². The number of anilines is 1. The zero-order valence-corrected chi connectivity index (χ0v) is 13.4. The smallest absolute Gasteiger partial charge is 0.152 e. The Bertz CT molecular complexity index is 589. The van der Waals surface area contributed by atoms with Gasteiger partial charge >= 0.3 is 0 Å². The molecule has 2 rings (SSSR count). The summed E-state index contributed by atoms with van der Waals surface area (Å²) in [5.74, 6) is 0.0170. The van der Waals surface area contributed by atoms with Crippen LogP contribution in [0.15, 0.2) is 18.2 Å². The van der Waals surface area contributed by atoms with Crippen LogP contribution in [0.1, 0.15) is 25.3 Å². The van der Waals surface area contributed by atoms with Crippen molar-refractivity contribution in [1.82, 2.24) is 5.32 Å². The van der Waals surface area contributed by atoms with Gasteiger partial charge in [-0.05, 0) is 37.1 Å². The van der Waals surface area contributed by atoms with Crippen LogP contribution in [0.5, 0.6) is 0 Å². The lowest BCUT2D eigenvalue weighted by atomic mass is 10.1. The predicted octanol–water partition coefficient (Wildman–Crippen LogP) is 1.95. The van der Waals surface area contributed by atoms with Crippen LogP contribution in [0.25, 0.3) is 0 Å². The summed E-state index contributed by atoms with van der Waals surface area (Å²) < 4.78 is 37.3. The summed E-state index contributed by atoms with van der Waals surface area (Å²) in [6.45, 7) is 3.64. The third kappa shape index (κ3) is 4.17. The van der Waals surface area contributed by atoms with Crippen molar-refractivity contribution in [2.24, 2.45) is 0 Å². The number of benzene rings is 1. The lowest BCUT2D eigenvalue weighted by Crippen LogP contribution is -2.33. The number of nitrogens with zero attached hydrogens (tertiary/aromatic N) is 1. The zero-order chi connectivity index (χ0) is 15.5. The molecule has 1 atom stereocenters. The molecule has 1 aliphatic rings. The summed E-state index contributed by atoms with van der Waals surface area (Å²) in [4.78, 5) is 1.75. The van der Waals surface area contributed by atoms with E-state index in [2.05, 4.69) is 12.2 Å². The lowest BCUT2D eigenvalue weighted by Gasteiger charge is -2.26. The summed E-state index contributed by atoms with van der Waals surface area (Å²) in [6, 6.07) is 5.02. The predicted molar refractivity (Wildman–Crippen MR) is 83.9 cm³/mol. The summed E-state index contributed by atoms with van der Waals surface area (Å²) in [5.41, 5.74) is 1.37. The van der Waals surface area contributed by atoms with Crippen molar-refractivity contribution in [3.8, 4) is 0 Å². The normalized spacial score (nSPS) is 20.6. The molecule has 1 heterocycles. The van der Waals surface area contributed by atoms with Crippen LogP contribution in [0.2, 0.25) is 0 Å². The Labute approximate surface area is 126 Å². The Hall–Kier alpha value is -1.14. The highest BCUT2D eigenvalue weighted by molar-refractivity contribution is 7.91. The first-order chi connectivity index (χ1) is 9.93. The highest BCUT2D eigenvalue weighted by Gasteiger charge is 2.31. The SMILES string of the molecule is CCCNCc1ccc(N(C)C2CCS(=O)(=O)C2)c(F)c1. The molecule has 1 aromatic carbocycles. The van der Waals surface area contributed by atoms with Gasteiger partial charge in [0.15, 0.2) is 9.84 Å². The fraction of sp³-hybridized carbons (Fsp3) is 0.600. The fourth-order valence-corrected chi connectivity index (χ4v) is 4.41. The molecule has 1 fully saturated rings. The molecule has 1 saturated heterocycles. The van der Waals surface area contributed by atoms with Crippen molar-refractivity contribution in [1.29, 1.82) is 0 Å². The maximum atomic E-state index is 14.2. The van der Waals surface area contributed by atoms with Crippen molar-refractivity contribution in [3.63, 3.8) is 0 Å². The summed E-state index contributed by atoms with van der Waals surface area (Å²) in [7, 11) is -1.20. The Kier molecular flexibility index (Phi) is 5.22. The van der Waals surface area contributed by atoms with E-state index in [-0.39, 0.29) is 23.4 Å². The van der Waals surface area contributed by atoms with E-state index in [4.69, 9.17) is 0 Å². The molecule has 4 nitrogen and oxygen atoms in total. The average Bonchev–Trinajstić information content (AvgIpc) is 2.79. The van der Waals surface area contributed by atoms with E-state index < -0.39 is 9.84 Å². The van der Waals surface area contributed by atoms with Gasteiger partial charge in [0.1, 0.15) is 5.82 Å². The summed E-state index contributed by atoms with van der Waals surface area (Å²) in [5, 5.41) is 3.23. The number of sulfone groups is 1. The van der Waals surface area contributed by atoms with Gasteiger partial charge in [0, 0.05) is 19.6 Å². The minimum Gasteiger partial charge on any atom is -0.368 e.